The van der Waals surface area contributed by atoms with Crippen molar-refractivity contribution in [1.29, 1.82) is 0 Å². The zero-order valence-electron chi connectivity index (χ0n) is 9.60. The van der Waals surface area contributed by atoms with Crippen LogP contribution in [0.5, 0.6) is 0 Å². The van der Waals surface area contributed by atoms with E-state index in [1.54, 1.807) is 0 Å². The molecule has 3 amide bonds. The molecule has 0 saturated carbocycles. The lowest BCUT2D eigenvalue weighted by atomic mass is 10.2. The second kappa shape index (κ2) is 5.67. The monoisotopic (exact) mass is 264 g/mol. The van der Waals surface area contributed by atoms with Gasteiger partial charge in [0.15, 0.2) is 0 Å². The van der Waals surface area contributed by atoms with Crippen LogP contribution < -0.4 is 5.32 Å². The second-order valence-corrected chi connectivity index (χ2v) is 4.67. The first-order valence-electron chi connectivity index (χ1n) is 5.46. The number of carbonyl (C=O) groups is 2. The highest BCUT2D eigenvalue weighted by atomic mass is 32.1. The molecule has 0 radical (unpaired) electrons. The van der Waals surface area contributed by atoms with Crippen molar-refractivity contribution in [3.63, 3.8) is 0 Å². The number of urea groups is 1. The molecule has 2 N–H and O–H groups in total. The maximum atomic E-state index is 11.5. The van der Waals surface area contributed by atoms with Crippen molar-refractivity contribution >= 4 is 23.3 Å². The fraction of sp³-hybridized carbons (Fsp3) is 0.333. The molecule has 0 atom stereocenters. The summed E-state index contributed by atoms with van der Waals surface area (Å²) in [6.45, 7) is 0.348. The van der Waals surface area contributed by atoms with Gasteiger partial charge >= 0.3 is 6.03 Å². The molecule has 0 aromatic carbocycles. The van der Waals surface area contributed by atoms with E-state index < -0.39 is 0 Å². The van der Waals surface area contributed by atoms with Crippen molar-refractivity contribution in [3.8, 4) is 11.8 Å². The minimum absolute atomic E-state index is 0.0273. The van der Waals surface area contributed by atoms with Gasteiger partial charge in [0.1, 0.15) is 0 Å². The molecule has 18 heavy (non-hydrogen) atoms. The number of hydrogen-bond donors (Lipinski definition) is 2. The lowest BCUT2D eigenvalue weighted by Gasteiger charge is -2.10. The smallest absolute Gasteiger partial charge is 0.324 e. The Morgan fingerprint density at radius 3 is 3.00 bits per heavy atom. The highest BCUT2D eigenvalue weighted by Crippen LogP contribution is 2.19. The largest absolute Gasteiger partial charge is 0.395 e. The van der Waals surface area contributed by atoms with Crippen molar-refractivity contribution in [1.82, 2.24) is 10.2 Å². The van der Waals surface area contributed by atoms with Crippen LogP contribution in [0.3, 0.4) is 0 Å². The van der Waals surface area contributed by atoms with E-state index in [0.717, 1.165) is 10.4 Å². The summed E-state index contributed by atoms with van der Waals surface area (Å²) in [7, 11) is 0. The summed E-state index contributed by atoms with van der Waals surface area (Å²) < 4.78 is 0. The Morgan fingerprint density at radius 1 is 1.50 bits per heavy atom. The van der Waals surface area contributed by atoms with Crippen molar-refractivity contribution in [2.45, 2.75) is 13.0 Å². The summed E-state index contributed by atoms with van der Waals surface area (Å²) in [5.41, 5.74) is 0.806. The van der Waals surface area contributed by atoms with E-state index in [0.29, 0.717) is 6.42 Å². The molecule has 1 fully saturated rings. The third-order valence-electron chi connectivity index (χ3n) is 2.44. The van der Waals surface area contributed by atoms with Crippen LogP contribution in [0, 0.1) is 11.8 Å². The van der Waals surface area contributed by atoms with E-state index in [1.165, 1.54) is 16.2 Å². The summed E-state index contributed by atoms with van der Waals surface area (Å²) in [6, 6.07) is 1.49. The maximum absolute atomic E-state index is 11.5. The molecule has 94 valence electrons. The highest BCUT2D eigenvalue weighted by Gasteiger charge is 2.29. The van der Waals surface area contributed by atoms with Crippen LogP contribution in [-0.4, -0.2) is 35.1 Å². The molecule has 1 saturated heterocycles. The molecule has 1 aliphatic heterocycles. The summed E-state index contributed by atoms with van der Waals surface area (Å²) in [6.07, 6.45) is 0.415. The number of nitrogens with zero attached hydrogens (tertiary/aromatic N) is 1. The number of imide groups is 1. The van der Waals surface area contributed by atoms with Gasteiger partial charge in [-0.05, 0) is 11.4 Å². The normalized spacial score (nSPS) is 14.4. The Kier molecular flexibility index (Phi) is 3.97. The zero-order chi connectivity index (χ0) is 13.0. The van der Waals surface area contributed by atoms with Gasteiger partial charge < -0.3 is 10.4 Å². The first-order chi connectivity index (χ1) is 8.72. The Hall–Kier alpha value is -1.84. The molecule has 0 unspecified atom stereocenters. The first-order valence-corrected chi connectivity index (χ1v) is 6.34. The number of rotatable bonds is 3. The number of hydrogen-bond acceptors (Lipinski definition) is 4. The van der Waals surface area contributed by atoms with E-state index in [2.05, 4.69) is 17.2 Å². The van der Waals surface area contributed by atoms with Gasteiger partial charge in [0.25, 0.3) is 0 Å². The standard InChI is InChI=1S/C12H12N2O3S/c15-5-2-1-3-9-4-6-18-10(9)8-14-11(16)7-13-12(14)17/h4,6,15H,2,5,7-8H2,(H,13,17). The van der Waals surface area contributed by atoms with Gasteiger partial charge in [-0.25, -0.2) is 4.79 Å². The van der Waals surface area contributed by atoms with Crippen LogP contribution in [0.4, 0.5) is 4.79 Å². The molecule has 1 aromatic rings. The Bertz CT molecular complexity index is 511. The highest BCUT2D eigenvalue weighted by molar-refractivity contribution is 7.10. The summed E-state index contributed by atoms with van der Waals surface area (Å²) in [4.78, 5) is 24.9. The molecule has 0 spiro atoms. The van der Waals surface area contributed by atoms with Crippen molar-refractivity contribution in [3.05, 3.63) is 21.9 Å². The SMILES string of the molecule is O=C1CNC(=O)N1Cc1sccc1C#CCCO. The molecule has 1 aliphatic rings. The van der Waals surface area contributed by atoms with Gasteiger partial charge in [-0.2, -0.15) is 0 Å². The van der Waals surface area contributed by atoms with Crippen molar-refractivity contribution in [2.75, 3.05) is 13.2 Å². The maximum Gasteiger partial charge on any atom is 0.324 e. The van der Waals surface area contributed by atoms with Crippen LogP contribution in [0.15, 0.2) is 11.4 Å². The van der Waals surface area contributed by atoms with Gasteiger partial charge in [0.05, 0.1) is 19.7 Å². The fourth-order valence-corrected chi connectivity index (χ4v) is 2.37. The molecule has 0 bridgehead atoms. The van der Waals surface area contributed by atoms with Gasteiger partial charge in [0, 0.05) is 16.9 Å². The lowest BCUT2D eigenvalue weighted by Crippen LogP contribution is -2.30. The molecule has 1 aromatic heterocycles. The number of carbonyl (C=O) groups excluding carboxylic acids is 2. The third kappa shape index (κ3) is 2.70. The number of thiophene rings is 1. The summed E-state index contributed by atoms with van der Waals surface area (Å²) >= 11 is 1.46. The Balaban J connectivity index is 2.11. The molecule has 2 heterocycles. The predicted octanol–water partition coefficient (Wildman–Crippen LogP) is 0.534. The van der Waals surface area contributed by atoms with E-state index in [4.69, 9.17) is 5.11 Å². The quantitative estimate of drug-likeness (QED) is 0.618. The molecule has 5 nitrogen and oxygen atoms in total. The minimum Gasteiger partial charge on any atom is -0.395 e. The van der Waals surface area contributed by atoms with Crippen LogP contribution in [-0.2, 0) is 11.3 Å². The van der Waals surface area contributed by atoms with Crippen LogP contribution in [0.25, 0.3) is 0 Å². The van der Waals surface area contributed by atoms with Gasteiger partial charge in [0.2, 0.25) is 5.91 Å². The fourth-order valence-electron chi connectivity index (χ4n) is 1.55. The second-order valence-electron chi connectivity index (χ2n) is 3.67. The molecular weight excluding hydrogens is 252 g/mol. The van der Waals surface area contributed by atoms with E-state index in [-0.39, 0.29) is 31.6 Å². The third-order valence-corrected chi connectivity index (χ3v) is 3.35. The number of aliphatic hydroxyl groups excluding tert-OH is 1. The summed E-state index contributed by atoms with van der Waals surface area (Å²) in [5.74, 6) is 5.54. The minimum atomic E-state index is -0.359. The number of amides is 3. The van der Waals surface area contributed by atoms with Crippen LogP contribution >= 0.6 is 11.3 Å². The van der Waals surface area contributed by atoms with Crippen LogP contribution in [0.2, 0.25) is 0 Å². The van der Waals surface area contributed by atoms with E-state index >= 15 is 0 Å². The molecule has 2 rings (SSSR count). The average molecular weight is 264 g/mol. The first kappa shape index (κ1) is 12.6. The number of nitrogens with one attached hydrogen (secondary N) is 1. The lowest BCUT2D eigenvalue weighted by molar-refractivity contribution is -0.125. The van der Waals surface area contributed by atoms with Crippen molar-refractivity contribution in [2.24, 2.45) is 0 Å². The number of aliphatic hydroxyl groups is 1. The Morgan fingerprint density at radius 2 is 2.33 bits per heavy atom. The van der Waals surface area contributed by atoms with Gasteiger partial charge in [-0.1, -0.05) is 11.8 Å². The van der Waals surface area contributed by atoms with Crippen LogP contribution in [0.1, 0.15) is 16.9 Å². The topological polar surface area (TPSA) is 69.6 Å². The van der Waals surface area contributed by atoms with E-state index in [9.17, 15) is 9.59 Å². The predicted molar refractivity (Wildman–Crippen MR) is 66.8 cm³/mol. The summed E-state index contributed by atoms with van der Waals surface area (Å²) in [5, 5.41) is 13.0. The molecule has 6 heteroatoms. The Labute approximate surface area is 108 Å². The van der Waals surface area contributed by atoms with E-state index in [1.807, 2.05) is 11.4 Å². The van der Waals surface area contributed by atoms with Gasteiger partial charge in [-0.15, -0.1) is 11.3 Å². The zero-order valence-corrected chi connectivity index (χ0v) is 10.4. The van der Waals surface area contributed by atoms with Crippen molar-refractivity contribution < 1.29 is 14.7 Å². The molecule has 0 aliphatic carbocycles. The van der Waals surface area contributed by atoms with Gasteiger partial charge in [-0.3, -0.25) is 9.69 Å². The molecular formula is C12H12N2O3S. The average Bonchev–Trinajstić information content (AvgIpc) is 2.92.